The van der Waals surface area contributed by atoms with Crippen LogP contribution in [0.15, 0.2) is 72.8 Å². The van der Waals surface area contributed by atoms with Gasteiger partial charge in [0.05, 0.1) is 0 Å². The van der Waals surface area contributed by atoms with Gasteiger partial charge in [-0.3, -0.25) is 14.5 Å². The second-order valence-corrected chi connectivity index (χ2v) is 7.69. The first kappa shape index (κ1) is 21.5. The zero-order valence-corrected chi connectivity index (χ0v) is 18.2. The first-order valence-electron chi connectivity index (χ1n) is 9.97. The van der Waals surface area contributed by atoms with Gasteiger partial charge < -0.3 is 10.1 Å². The summed E-state index contributed by atoms with van der Waals surface area (Å²) in [5.41, 5.74) is 3.41. The Kier molecular flexibility index (Phi) is 6.42. The molecule has 0 aliphatic rings. The molecule has 32 heavy (non-hydrogen) atoms. The van der Waals surface area contributed by atoms with Crippen molar-refractivity contribution in [1.29, 1.82) is 0 Å². The minimum absolute atomic E-state index is 0.0132. The Hall–Kier alpha value is -3.78. The number of aromatic amines is 1. The maximum atomic E-state index is 13.0. The summed E-state index contributed by atoms with van der Waals surface area (Å²) >= 11 is 5.32. The molecule has 4 aromatic rings. The number of rotatable bonds is 7. The number of amides is 1. The number of benzene rings is 3. The Balaban J connectivity index is 1.43. The number of anilines is 1. The molecule has 0 atom stereocenters. The van der Waals surface area contributed by atoms with E-state index in [9.17, 15) is 9.18 Å². The number of halogens is 1. The Morgan fingerprint density at radius 3 is 2.69 bits per heavy atom. The van der Waals surface area contributed by atoms with Gasteiger partial charge >= 0.3 is 0 Å². The highest BCUT2D eigenvalue weighted by atomic mass is 32.1. The number of H-pyrrole nitrogens is 1. The number of aryl methyl sites for hydroxylation is 1. The van der Waals surface area contributed by atoms with E-state index in [1.54, 1.807) is 41.0 Å². The molecule has 0 radical (unpaired) electrons. The number of carbonyl (C=O) groups is 1. The first-order chi connectivity index (χ1) is 15.5. The molecule has 1 aromatic heterocycles. The van der Waals surface area contributed by atoms with Crippen molar-refractivity contribution in [1.82, 2.24) is 14.8 Å². The SMILES string of the molecule is Cc1cccc(-c2n[nH]c(=S)n2CC(=O)Nc2cccc(OCc3ccc(F)cc3)c2)c1. The molecule has 0 bridgehead atoms. The fourth-order valence-corrected chi connectivity index (χ4v) is 3.42. The molecule has 8 heteroatoms. The monoisotopic (exact) mass is 448 g/mol. The topological polar surface area (TPSA) is 71.9 Å². The van der Waals surface area contributed by atoms with Crippen molar-refractivity contribution >= 4 is 23.8 Å². The molecule has 6 nitrogen and oxygen atoms in total. The summed E-state index contributed by atoms with van der Waals surface area (Å²) in [5, 5.41) is 9.91. The van der Waals surface area contributed by atoms with E-state index >= 15 is 0 Å². The van der Waals surface area contributed by atoms with Gasteiger partial charge in [0.25, 0.3) is 0 Å². The summed E-state index contributed by atoms with van der Waals surface area (Å²) in [4.78, 5) is 12.7. The van der Waals surface area contributed by atoms with Crippen molar-refractivity contribution in [2.75, 3.05) is 5.32 Å². The summed E-state index contributed by atoms with van der Waals surface area (Å²) in [7, 11) is 0. The summed E-state index contributed by atoms with van der Waals surface area (Å²) < 4.78 is 20.8. The maximum Gasteiger partial charge on any atom is 0.244 e. The van der Waals surface area contributed by atoms with Gasteiger partial charge in [0, 0.05) is 17.3 Å². The van der Waals surface area contributed by atoms with E-state index in [1.807, 2.05) is 31.2 Å². The summed E-state index contributed by atoms with van der Waals surface area (Å²) in [6.07, 6.45) is 0. The van der Waals surface area contributed by atoms with Crippen LogP contribution in [0.3, 0.4) is 0 Å². The van der Waals surface area contributed by atoms with Gasteiger partial charge in [0.15, 0.2) is 10.6 Å². The van der Waals surface area contributed by atoms with Crippen molar-refractivity contribution in [2.45, 2.75) is 20.1 Å². The zero-order valence-electron chi connectivity index (χ0n) is 17.3. The van der Waals surface area contributed by atoms with Gasteiger partial charge in [-0.2, -0.15) is 5.10 Å². The maximum absolute atomic E-state index is 13.0. The standard InChI is InChI=1S/C24H21FN4O2S/c1-16-4-2-5-18(12-16)23-27-28-24(32)29(23)14-22(30)26-20-6-3-7-21(13-20)31-15-17-8-10-19(25)11-9-17/h2-13H,14-15H2,1H3,(H,26,30)(H,28,32). The van der Waals surface area contributed by atoms with E-state index < -0.39 is 0 Å². The molecule has 0 fully saturated rings. The lowest BCUT2D eigenvalue weighted by atomic mass is 10.1. The van der Waals surface area contributed by atoms with Crippen molar-refractivity contribution in [3.63, 3.8) is 0 Å². The Labute approximate surface area is 189 Å². The van der Waals surface area contributed by atoms with Crippen LogP contribution >= 0.6 is 12.2 Å². The molecule has 0 unspecified atom stereocenters. The third kappa shape index (κ3) is 5.28. The predicted octanol–water partition coefficient (Wildman–Crippen LogP) is 5.27. The zero-order chi connectivity index (χ0) is 22.5. The fraction of sp³-hybridized carbons (Fsp3) is 0.125. The molecule has 162 valence electrons. The van der Waals surface area contributed by atoms with Crippen molar-refractivity contribution in [3.8, 4) is 17.1 Å². The third-order valence-corrected chi connectivity index (χ3v) is 5.08. The highest BCUT2D eigenvalue weighted by Gasteiger charge is 2.13. The molecular formula is C24H21FN4O2S. The van der Waals surface area contributed by atoms with Gasteiger partial charge in [0.1, 0.15) is 24.7 Å². The Bertz CT molecular complexity index is 1300. The molecule has 3 aromatic carbocycles. The molecule has 0 aliphatic carbocycles. The van der Waals surface area contributed by atoms with Crippen LogP contribution in [0.1, 0.15) is 11.1 Å². The van der Waals surface area contributed by atoms with Crippen molar-refractivity contribution in [2.24, 2.45) is 0 Å². The molecule has 1 heterocycles. The number of hydrogen-bond acceptors (Lipinski definition) is 4. The lowest BCUT2D eigenvalue weighted by Crippen LogP contribution is -2.19. The van der Waals surface area contributed by atoms with Crippen molar-refractivity contribution in [3.05, 3.63) is 94.5 Å². The summed E-state index contributed by atoms with van der Waals surface area (Å²) in [5.74, 6) is 0.659. The van der Waals surface area contributed by atoms with Crippen LogP contribution in [0.25, 0.3) is 11.4 Å². The van der Waals surface area contributed by atoms with E-state index in [0.29, 0.717) is 28.6 Å². The normalized spacial score (nSPS) is 10.7. The highest BCUT2D eigenvalue weighted by molar-refractivity contribution is 7.71. The molecule has 2 N–H and O–H groups in total. The van der Waals surface area contributed by atoms with Crippen molar-refractivity contribution < 1.29 is 13.9 Å². The lowest BCUT2D eigenvalue weighted by molar-refractivity contribution is -0.116. The Morgan fingerprint density at radius 1 is 1.12 bits per heavy atom. The van der Waals surface area contributed by atoms with Crippen LogP contribution in [-0.4, -0.2) is 20.7 Å². The molecule has 0 saturated carbocycles. The van der Waals surface area contributed by atoms with Crippen LogP contribution in [0, 0.1) is 17.5 Å². The molecule has 1 amide bonds. The minimum atomic E-state index is -0.290. The largest absolute Gasteiger partial charge is 0.489 e. The summed E-state index contributed by atoms with van der Waals surface area (Å²) in [6, 6.07) is 21.0. The summed E-state index contributed by atoms with van der Waals surface area (Å²) in [6.45, 7) is 2.30. The van der Waals surface area contributed by atoms with Crippen LogP contribution in [0.5, 0.6) is 5.75 Å². The average Bonchev–Trinajstić information content (AvgIpc) is 3.13. The van der Waals surface area contributed by atoms with E-state index in [0.717, 1.165) is 16.7 Å². The predicted molar refractivity (Wildman–Crippen MR) is 123 cm³/mol. The molecule has 0 aliphatic heterocycles. The number of hydrogen-bond donors (Lipinski definition) is 2. The first-order valence-corrected chi connectivity index (χ1v) is 10.4. The Morgan fingerprint density at radius 2 is 1.91 bits per heavy atom. The van der Waals surface area contributed by atoms with Gasteiger partial charge in [-0.05, 0) is 55.0 Å². The van der Waals surface area contributed by atoms with Crippen LogP contribution in [0.2, 0.25) is 0 Å². The number of aromatic nitrogens is 3. The average molecular weight is 449 g/mol. The minimum Gasteiger partial charge on any atom is -0.489 e. The molecule has 0 saturated heterocycles. The fourth-order valence-electron chi connectivity index (χ4n) is 3.22. The van der Waals surface area contributed by atoms with Crippen LogP contribution in [0.4, 0.5) is 10.1 Å². The van der Waals surface area contributed by atoms with E-state index in [-0.39, 0.29) is 18.3 Å². The third-order valence-electron chi connectivity index (χ3n) is 4.77. The van der Waals surface area contributed by atoms with Gasteiger partial charge in [-0.25, -0.2) is 4.39 Å². The quantitative estimate of drug-likeness (QED) is 0.378. The molecular weight excluding hydrogens is 427 g/mol. The van der Waals surface area contributed by atoms with Gasteiger partial charge in [0.2, 0.25) is 5.91 Å². The number of carbonyl (C=O) groups excluding carboxylic acids is 1. The highest BCUT2D eigenvalue weighted by Crippen LogP contribution is 2.21. The number of ether oxygens (including phenoxy) is 1. The van der Waals surface area contributed by atoms with Gasteiger partial charge in [-0.15, -0.1) is 0 Å². The van der Waals surface area contributed by atoms with E-state index in [1.165, 1.54) is 12.1 Å². The second-order valence-electron chi connectivity index (χ2n) is 7.30. The van der Waals surface area contributed by atoms with E-state index in [2.05, 4.69) is 15.5 Å². The smallest absolute Gasteiger partial charge is 0.244 e. The molecule has 4 rings (SSSR count). The van der Waals surface area contributed by atoms with Gasteiger partial charge in [-0.1, -0.05) is 42.0 Å². The van der Waals surface area contributed by atoms with Crippen LogP contribution < -0.4 is 10.1 Å². The van der Waals surface area contributed by atoms with E-state index in [4.69, 9.17) is 17.0 Å². The molecule has 0 spiro atoms. The lowest BCUT2D eigenvalue weighted by Gasteiger charge is -2.11. The number of nitrogens with one attached hydrogen (secondary N) is 2. The second kappa shape index (κ2) is 9.57. The number of nitrogens with zero attached hydrogens (tertiary/aromatic N) is 2. The van der Waals surface area contributed by atoms with Crippen LogP contribution in [-0.2, 0) is 17.9 Å².